The van der Waals surface area contributed by atoms with Gasteiger partial charge in [0.25, 0.3) is 0 Å². The maximum atomic E-state index is 10.9. The Morgan fingerprint density at radius 1 is 0.875 bits per heavy atom. The number of rotatable bonds is 2. The molecule has 2 aliphatic rings. The van der Waals surface area contributed by atoms with Crippen molar-refractivity contribution in [2.24, 2.45) is 23.5 Å². The van der Waals surface area contributed by atoms with E-state index in [0.29, 0.717) is 6.04 Å². The van der Waals surface area contributed by atoms with Crippen LogP contribution in [0.3, 0.4) is 0 Å². The van der Waals surface area contributed by atoms with Crippen LogP contribution in [0.1, 0.15) is 51.4 Å². The lowest BCUT2D eigenvalue weighted by Crippen LogP contribution is -2.32. The molecule has 16 heavy (non-hydrogen) atoms. The molecular weight excluding hydrogens is 202 g/mol. The van der Waals surface area contributed by atoms with Gasteiger partial charge in [0.15, 0.2) is 0 Å². The zero-order valence-corrected chi connectivity index (χ0v) is 9.90. The van der Waals surface area contributed by atoms with E-state index in [0.717, 1.165) is 37.5 Å². The van der Waals surface area contributed by atoms with Crippen LogP contribution < -0.4 is 5.73 Å². The quantitative estimate of drug-likeness (QED) is 0.758. The lowest BCUT2D eigenvalue weighted by Gasteiger charge is -2.36. The minimum atomic E-state index is -0.593. The molecule has 0 bridgehead atoms. The molecule has 0 heterocycles. The van der Waals surface area contributed by atoms with Crippen molar-refractivity contribution in [3.05, 3.63) is 0 Å². The largest absolute Gasteiger partial charge is 0.481 e. The van der Waals surface area contributed by atoms with E-state index in [9.17, 15) is 4.79 Å². The summed E-state index contributed by atoms with van der Waals surface area (Å²) in [5.74, 6) is 0.948. The summed E-state index contributed by atoms with van der Waals surface area (Å²) in [5, 5.41) is 8.95. The number of hydrogen-bond acceptors (Lipinski definition) is 2. The second kappa shape index (κ2) is 5.17. The van der Waals surface area contributed by atoms with Gasteiger partial charge in [-0.25, -0.2) is 0 Å². The molecule has 0 atom stereocenters. The molecule has 0 aromatic rings. The molecule has 0 amide bonds. The monoisotopic (exact) mass is 225 g/mol. The minimum Gasteiger partial charge on any atom is -0.481 e. The van der Waals surface area contributed by atoms with E-state index in [2.05, 4.69) is 0 Å². The van der Waals surface area contributed by atoms with Crippen molar-refractivity contribution in [3.8, 4) is 0 Å². The Hall–Kier alpha value is -0.570. The minimum absolute atomic E-state index is 0.0675. The van der Waals surface area contributed by atoms with Crippen LogP contribution in [0.15, 0.2) is 0 Å². The van der Waals surface area contributed by atoms with Gasteiger partial charge in [-0.3, -0.25) is 4.79 Å². The van der Waals surface area contributed by atoms with Gasteiger partial charge >= 0.3 is 5.97 Å². The third-order valence-corrected chi connectivity index (χ3v) is 4.60. The Bertz CT molecular complexity index is 238. The fourth-order valence-electron chi connectivity index (χ4n) is 3.45. The Kier molecular flexibility index (Phi) is 3.85. The smallest absolute Gasteiger partial charge is 0.306 e. The Morgan fingerprint density at radius 2 is 1.31 bits per heavy atom. The maximum Gasteiger partial charge on any atom is 0.306 e. The number of aliphatic carboxylic acids is 1. The fraction of sp³-hybridized carbons (Fsp3) is 0.923. The van der Waals surface area contributed by atoms with E-state index in [4.69, 9.17) is 10.8 Å². The van der Waals surface area contributed by atoms with Gasteiger partial charge in [-0.2, -0.15) is 0 Å². The molecule has 0 aromatic carbocycles. The third-order valence-electron chi connectivity index (χ3n) is 4.60. The van der Waals surface area contributed by atoms with Gasteiger partial charge in [0, 0.05) is 6.04 Å². The maximum absolute atomic E-state index is 10.9. The number of hydrogen-bond donors (Lipinski definition) is 2. The second-order valence-electron chi connectivity index (χ2n) is 5.62. The van der Waals surface area contributed by atoms with E-state index in [1.165, 1.54) is 25.7 Å². The summed E-state index contributed by atoms with van der Waals surface area (Å²) < 4.78 is 0. The molecule has 2 rings (SSSR count). The summed E-state index contributed by atoms with van der Waals surface area (Å²) >= 11 is 0. The molecule has 0 radical (unpaired) electrons. The molecule has 3 N–H and O–H groups in total. The normalized spacial score (nSPS) is 40.6. The number of carbonyl (C=O) groups is 1. The van der Waals surface area contributed by atoms with Crippen molar-refractivity contribution in [2.45, 2.75) is 57.4 Å². The Morgan fingerprint density at radius 3 is 1.75 bits per heavy atom. The molecule has 92 valence electrons. The van der Waals surface area contributed by atoms with Crippen LogP contribution in [0.2, 0.25) is 0 Å². The molecule has 0 spiro atoms. The summed E-state index contributed by atoms with van der Waals surface area (Å²) in [4.78, 5) is 10.9. The van der Waals surface area contributed by atoms with E-state index in [-0.39, 0.29) is 5.92 Å². The van der Waals surface area contributed by atoms with Gasteiger partial charge in [-0.05, 0) is 63.2 Å². The van der Waals surface area contributed by atoms with Crippen LogP contribution in [-0.2, 0) is 4.79 Å². The molecule has 2 aliphatic carbocycles. The summed E-state index contributed by atoms with van der Waals surface area (Å²) in [7, 11) is 0. The molecule has 0 aromatic heterocycles. The zero-order valence-electron chi connectivity index (χ0n) is 9.90. The second-order valence-corrected chi connectivity index (χ2v) is 5.62. The van der Waals surface area contributed by atoms with Crippen LogP contribution in [0.5, 0.6) is 0 Å². The predicted molar refractivity (Wildman–Crippen MR) is 63.0 cm³/mol. The van der Waals surface area contributed by atoms with Crippen molar-refractivity contribution in [2.75, 3.05) is 0 Å². The summed E-state index contributed by atoms with van der Waals surface area (Å²) in [6, 6.07) is 0.423. The van der Waals surface area contributed by atoms with Gasteiger partial charge < -0.3 is 10.8 Å². The topological polar surface area (TPSA) is 63.3 Å². The van der Waals surface area contributed by atoms with E-state index in [1.54, 1.807) is 0 Å². The molecule has 0 unspecified atom stereocenters. The highest BCUT2D eigenvalue weighted by molar-refractivity contribution is 5.69. The van der Waals surface area contributed by atoms with E-state index < -0.39 is 5.97 Å². The van der Waals surface area contributed by atoms with Gasteiger partial charge in [0.1, 0.15) is 0 Å². The molecule has 3 nitrogen and oxygen atoms in total. The van der Waals surface area contributed by atoms with Crippen molar-refractivity contribution in [1.29, 1.82) is 0 Å². The third kappa shape index (κ3) is 2.76. The molecule has 0 saturated heterocycles. The van der Waals surface area contributed by atoms with Crippen molar-refractivity contribution in [3.63, 3.8) is 0 Å². The Labute approximate surface area is 97.4 Å². The average molecular weight is 225 g/mol. The number of nitrogens with two attached hydrogens (primary N) is 1. The van der Waals surface area contributed by atoms with Crippen LogP contribution in [0, 0.1) is 17.8 Å². The van der Waals surface area contributed by atoms with Crippen molar-refractivity contribution < 1.29 is 9.90 Å². The first kappa shape index (κ1) is 11.9. The lowest BCUT2D eigenvalue weighted by molar-refractivity contribution is -0.143. The summed E-state index contributed by atoms with van der Waals surface area (Å²) in [6.45, 7) is 0. The highest BCUT2D eigenvalue weighted by Gasteiger charge is 2.32. The zero-order chi connectivity index (χ0) is 11.5. The average Bonchev–Trinajstić information content (AvgIpc) is 2.30. The van der Waals surface area contributed by atoms with Crippen molar-refractivity contribution in [1.82, 2.24) is 0 Å². The first-order chi connectivity index (χ1) is 7.66. The van der Waals surface area contributed by atoms with Crippen LogP contribution >= 0.6 is 0 Å². The Balaban J connectivity index is 1.78. The summed E-state index contributed by atoms with van der Waals surface area (Å²) in [5.41, 5.74) is 5.91. The van der Waals surface area contributed by atoms with Gasteiger partial charge in [0.2, 0.25) is 0 Å². The molecule has 0 aliphatic heterocycles. The summed E-state index contributed by atoms with van der Waals surface area (Å²) in [6.07, 6.45) is 8.90. The van der Waals surface area contributed by atoms with Gasteiger partial charge in [0.05, 0.1) is 5.92 Å². The molecule has 2 fully saturated rings. The first-order valence-electron chi connectivity index (χ1n) is 6.65. The van der Waals surface area contributed by atoms with Crippen LogP contribution in [0.4, 0.5) is 0 Å². The fourth-order valence-corrected chi connectivity index (χ4v) is 3.45. The van der Waals surface area contributed by atoms with Gasteiger partial charge in [-0.1, -0.05) is 0 Å². The highest BCUT2D eigenvalue weighted by atomic mass is 16.4. The molecule has 2 saturated carbocycles. The van der Waals surface area contributed by atoms with E-state index in [1.807, 2.05) is 0 Å². The van der Waals surface area contributed by atoms with Crippen molar-refractivity contribution >= 4 is 5.97 Å². The number of carboxylic acids is 1. The SMILES string of the molecule is NC1CCC(C2CCC(C(=O)O)CC2)CC1. The molecular formula is C13H23NO2. The standard InChI is InChI=1S/C13H23NO2/c14-12-7-5-10(6-8-12)9-1-3-11(4-2-9)13(15)16/h9-12H,1-8,14H2,(H,15,16). The van der Waals surface area contributed by atoms with E-state index >= 15 is 0 Å². The van der Waals surface area contributed by atoms with Gasteiger partial charge in [-0.15, -0.1) is 0 Å². The van der Waals surface area contributed by atoms with Crippen LogP contribution in [-0.4, -0.2) is 17.1 Å². The number of carboxylic acid groups (broad SMARTS) is 1. The lowest BCUT2D eigenvalue weighted by atomic mass is 9.70. The first-order valence-corrected chi connectivity index (χ1v) is 6.65. The van der Waals surface area contributed by atoms with Crippen LogP contribution in [0.25, 0.3) is 0 Å². The predicted octanol–water partition coefficient (Wildman–Crippen LogP) is 2.39. The molecule has 3 heteroatoms. The highest BCUT2D eigenvalue weighted by Crippen LogP contribution is 2.39.